The molecule has 0 fully saturated rings. The van der Waals surface area contributed by atoms with E-state index in [4.69, 9.17) is 4.74 Å². The number of nitrogens with one attached hydrogen (secondary N) is 1. The Hall–Kier alpha value is -3.46. The van der Waals surface area contributed by atoms with Gasteiger partial charge in [0.25, 0.3) is 0 Å². The number of ether oxygens (including phenoxy) is 2. The molecule has 1 aliphatic rings. The summed E-state index contributed by atoms with van der Waals surface area (Å²) < 4.78 is 37.4. The summed E-state index contributed by atoms with van der Waals surface area (Å²) in [6.45, 7) is 13.9. The van der Waals surface area contributed by atoms with Crippen molar-refractivity contribution in [2.24, 2.45) is 0 Å². The number of thiophene rings is 1. The maximum absolute atomic E-state index is 14.2. The van der Waals surface area contributed by atoms with E-state index in [0.29, 0.717) is 17.0 Å². The fourth-order valence-corrected chi connectivity index (χ4v) is 3.78. The molecule has 2 aromatic rings. The lowest BCUT2D eigenvalue weighted by Crippen LogP contribution is -2.03. The van der Waals surface area contributed by atoms with Crippen molar-refractivity contribution in [3.63, 3.8) is 0 Å². The maximum atomic E-state index is 14.2. The lowest BCUT2D eigenvalue weighted by atomic mass is 10.0. The predicted octanol–water partition coefficient (Wildman–Crippen LogP) is 7.87. The first-order chi connectivity index (χ1) is 17.7. The Morgan fingerprint density at radius 3 is 2.27 bits per heavy atom. The third-order valence-corrected chi connectivity index (χ3v) is 5.84. The monoisotopic (exact) mass is 537 g/mol. The molecule has 9 heteroatoms. The molecule has 37 heavy (non-hydrogen) atoms. The maximum Gasteiger partial charge on any atom is 0.339 e. The van der Waals surface area contributed by atoms with Crippen molar-refractivity contribution in [3.05, 3.63) is 70.8 Å². The number of benzene rings is 1. The topological polar surface area (TPSA) is 84.9 Å². The number of unbranched alkanes of at least 4 members (excludes halogenated alkanes) is 1. The number of anilines is 1. The highest BCUT2D eigenvalue weighted by molar-refractivity contribution is 7.15. The Kier molecular flexibility index (Phi) is 16.2. The number of allylic oxidation sites excluding steroid dienone is 2. The van der Waals surface area contributed by atoms with Crippen molar-refractivity contribution in [2.45, 2.75) is 53.6 Å². The minimum absolute atomic E-state index is 0.0154. The Morgan fingerprint density at radius 2 is 1.86 bits per heavy atom. The van der Waals surface area contributed by atoms with Gasteiger partial charge in [0.05, 0.1) is 7.11 Å². The van der Waals surface area contributed by atoms with Gasteiger partial charge in [0.1, 0.15) is 16.7 Å². The van der Waals surface area contributed by atoms with E-state index in [9.17, 15) is 23.5 Å². The molecule has 204 valence electrons. The number of hydrogen-bond donors (Lipinski definition) is 2. The Morgan fingerprint density at radius 1 is 1.24 bits per heavy atom. The van der Waals surface area contributed by atoms with Crippen molar-refractivity contribution < 1.29 is 33.0 Å². The number of methoxy groups -OCH3 is 1. The standard InChI is InChI=1S/C13H11F2NO3S.C9H10O2.C4H10.C2H6/c1-16-12-9(13(17)18)7(5-20-12)6-3-4-8(14)11(19-2)10(6)15;1-3-7-5-8(6-10)11-9(7)4-2;1-3-4-2;1-2/h3-5,16H,1-2H3,(H,17,18);3-6,9H,2H2,1H3;3-4H2,1-2H3;1-2H3/b;7-3-;;. The highest BCUT2D eigenvalue weighted by Crippen LogP contribution is 2.39. The number of rotatable bonds is 7. The van der Waals surface area contributed by atoms with Crippen molar-refractivity contribution in [1.29, 1.82) is 0 Å². The molecule has 2 N–H and O–H groups in total. The number of halogens is 2. The lowest BCUT2D eigenvalue weighted by Gasteiger charge is -2.09. The summed E-state index contributed by atoms with van der Waals surface area (Å²) in [7, 11) is 2.72. The molecule has 2 heterocycles. The van der Waals surface area contributed by atoms with Crippen LogP contribution in [0, 0.1) is 11.6 Å². The molecule has 1 aromatic carbocycles. The smallest absolute Gasteiger partial charge is 0.339 e. The molecule has 3 rings (SSSR count). The summed E-state index contributed by atoms with van der Waals surface area (Å²) in [6, 6.07) is 2.24. The molecule has 0 bridgehead atoms. The first-order valence-corrected chi connectivity index (χ1v) is 12.8. The highest BCUT2D eigenvalue weighted by atomic mass is 32.1. The number of carboxylic acids is 1. The Labute approximate surface area is 222 Å². The zero-order chi connectivity index (χ0) is 28.5. The summed E-state index contributed by atoms with van der Waals surface area (Å²) >= 11 is 1.13. The van der Waals surface area contributed by atoms with Gasteiger partial charge in [-0.3, -0.25) is 4.79 Å². The van der Waals surface area contributed by atoms with Crippen molar-refractivity contribution in [2.75, 3.05) is 19.5 Å². The molecule has 1 aromatic heterocycles. The van der Waals surface area contributed by atoms with Gasteiger partial charge in [-0.1, -0.05) is 53.2 Å². The van der Waals surface area contributed by atoms with Crippen LogP contribution in [0.15, 0.2) is 53.7 Å². The molecule has 0 saturated carbocycles. The molecular weight excluding hydrogens is 500 g/mol. The number of aromatic carboxylic acids is 1. The lowest BCUT2D eigenvalue weighted by molar-refractivity contribution is -0.107. The summed E-state index contributed by atoms with van der Waals surface area (Å²) in [5, 5.41) is 13.9. The minimum atomic E-state index is -1.19. The van der Waals surface area contributed by atoms with Crippen molar-refractivity contribution >= 4 is 28.6 Å². The van der Waals surface area contributed by atoms with Gasteiger partial charge in [-0.05, 0) is 36.8 Å². The number of carbonyl (C=O) groups is 2. The Balaban J connectivity index is 0.000000640. The van der Waals surface area contributed by atoms with Crippen LogP contribution in [0.4, 0.5) is 13.8 Å². The minimum Gasteiger partial charge on any atom is -0.491 e. The van der Waals surface area contributed by atoms with Crippen LogP contribution >= 0.6 is 11.3 Å². The summed E-state index contributed by atoms with van der Waals surface area (Å²) in [6.07, 6.45) is 8.50. The first-order valence-electron chi connectivity index (χ1n) is 11.9. The van der Waals surface area contributed by atoms with Crippen LogP contribution in [0.25, 0.3) is 11.1 Å². The van der Waals surface area contributed by atoms with Crippen LogP contribution in [0.2, 0.25) is 0 Å². The zero-order valence-corrected chi connectivity index (χ0v) is 23.3. The molecule has 0 saturated heterocycles. The van der Waals surface area contributed by atoms with Crippen LogP contribution in [-0.4, -0.2) is 37.6 Å². The summed E-state index contributed by atoms with van der Waals surface area (Å²) in [5.74, 6) is -3.10. The van der Waals surface area contributed by atoms with E-state index in [1.54, 1.807) is 19.2 Å². The fourth-order valence-electron chi connectivity index (χ4n) is 2.87. The largest absolute Gasteiger partial charge is 0.491 e. The molecule has 0 amide bonds. The molecule has 1 atom stereocenters. The molecule has 1 unspecified atom stereocenters. The van der Waals surface area contributed by atoms with E-state index in [1.807, 2.05) is 26.8 Å². The van der Waals surface area contributed by atoms with Crippen LogP contribution in [-0.2, 0) is 9.53 Å². The van der Waals surface area contributed by atoms with Gasteiger partial charge in [-0.15, -0.1) is 11.3 Å². The van der Waals surface area contributed by atoms with E-state index in [0.717, 1.165) is 30.1 Å². The van der Waals surface area contributed by atoms with E-state index in [1.165, 1.54) is 24.3 Å². The molecule has 1 aliphatic heterocycles. The van der Waals surface area contributed by atoms with Crippen molar-refractivity contribution in [1.82, 2.24) is 0 Å². The van der Waals surface area contributed by atoms with E-state index in [2.05, 4.69) is 30.5 Å². The summed E-state index contributed by atoms with van der Waals surface area (Å²) in [5.41, 5.74) is 1.10. The SMILES string of the molecule is C=CC1OC(C=O)=C/C1=C/C.CC.CCCC.CNc1scc(-c2ccc(F)c(OC)c2F)c1C(=O)O. The molecule has 0 radical (unpaired) electrons. The van der Waals surface area contributed by atoms with E-state index >= 15 is 0 Å². The zero-order valence-electron chi connectivity index (χ0n) is 22.5. The average molecular weight is 538 g/mol. The van der Waals surface area contributed by atoms with Gasteiger partial charge in [-0.2, -0.15) is 0 Å². The van der Waals surface area contributed by atoms with Gasteiger partial charge in [-0.25, -0.2) is 13.6 Å². The molecular formula is C28H37F2NO5S. The fraction of sp³-hybridized carbons (Fsp3) is 0.357. The van der Waals surface area contributed by atoms with E-state index in [-0.39, 0.29) is 22.8 Å². The second-order valence-corrected chi connectivity index (χ2v) is 7.96. The Bertz CT molecular complexity index is 1090. The van der Waals surface area contributed by atoms with Gasteiger partial charge in [0, 0.05) is 23.6 Å². The highest BCUT2D eigenvalue weighted by Gasteiger charge is 2.24. The van der Waals surface area contributed by atoms with Gasteiger partial charge in [0.2, 0.25) is 0 Å². The van der Waals surface area contributed by atoms with Gasteiger partial charge >= 0.3 is 5.97 Å². The number of aldehydes is 1. The number of hydrogen-bond acceptors (Lipinski definition) is 6. The predicted molar refractivity (Wildman–Crippen MR) is 148 cm³/mol. The average Bonchev–Trinajstić information content (AvgIpc) is 3.54. The molecule has 0 aliphatic carbocycles. The van der Waals surface area contributed by atoms with Gasteiger partial charge < -0.3 is 19.9 Å². The first kappa shape index (κ1) is 33.5. The number of carboxylic acid groups (broad SMARTS) is 1. The van der Waals surface area contributed by atoms with Crippen molar-refractivity contribution in [3.8, 4) is 16.9 Å². The number of carbonyl (C=O) groups excluding carboxylic acids is 1. The van der Waals surface area contributed by atoms with Gasteiger partial charge in [0.15, 0.2) is 29.4 Å². The normalized spacial score (nSPS) is 14.4. The van der Waals surface area contributed by atoms with Crippen LogP contribution in [0.3, 0.4) is 0 Å². The van der Waals surface area contributed by atoms with Crippen LogP contribution < -0.4 is 10.1 Å². The quantitative estimate of drug-likeness (QED) is 0.276. The molecule has 0 spiro atoms. The van der Waals surface area contributed by atoms with E-state index < -0.39 is 23.4 Å². The third-order valence-electron chi connectivity index (χ3n) is 4.84. The molecule has 6 nitrogen and oxygen atoms in total. The second-order valence-electron chi connectivity index (χ2n) is 7.08. The van der Waals surface area contributed by atoms with Crippen LogP contribution in [0.1, 0.15) is 57.8 Å². The third kappa shape index (κ3) is 9.17. The second kappa shape index (κ2) is 17.9. The van der Waals surface area contributed by atoms with Crippen LogP contribution in [0.5, 0.6) is 5.75 Å². The summed E-state index contributed by atoms with van der Waals surface area (Å²) in [4.78, 5) is 21.6.